The average Bonchev–Trinajstić information content (AvgIpc) is 2.18. The molecule has 0 saturated heterocycles. The Hall–Kier alpha value is -2.37. The van der Waals surface area contributed by atoms with Crippen molar-refractivity contribution in [3.05, 3.63) is 34.4 Å². The number of aromatic nitrogens is 1. The van der Waals surface area contributed by atoms with E-state index >= 15 is 0 Å². The maximum Gasteiger partial charge on any atom is 0.273 e. The molecule has 0 spiro atoms. The van der Waals surface area contributed by atoms with Crippen LogP contribution in [0.3, 0.4) is 0 Å². The van der Waals surface area contributed by atoms with Crippen LogP contribution >= 0.6 is 0 Å². The van der Waals surface area contributed by atoms with Gasteiger partial charge in [-0.15, -0.1) is 0 Å². The van der Waals surface area contributed by atoms with Crippen LogP contribution < -0.4 is 5.73 Å². The van der Waals surface area contributed by atoms with Crippen molar-refractivity contribution in [2.75, 3.05) is 5.73 Å². The maximum absolute atomic E-state index is 10.5. The predicted molar refractivity (Wildman–Crippen MR) is 54.5 cm³/mol. The smallest absolute Gasteiger partial charge is 0.273 e. The van der Waals surface area contributed by atoms with E-state index in [-0.39, 0.29) is 22.8 Å². The Morgan fingerprint density at radius 3 is 2.80 bits per heavy atom. The van der Waals surface area contributed by atoms with Gasteiger partial charge in [0, 0.05) is 11.5 Å². The second-order valence-corrected chi connectivity index (χ2v) is 3.03. The third-order valence-corrected chi connectivity index (χ3v) is 1.99. The molecule has 3 N–H and O–H groups in total. The first kappa shape index (κ1) is 9.20. The standard InChI is InChI=1S/C9H7N3O3/c10-8-2-1-5-3-6(12(14)15)4-7(13)9(5)11-8/h1-4,13H,(H2,10,11). The largest absolute Gasteiger partial charge is 0.505 e. The van der Waals surface area contributed by atoms with Crippen molar-refractivity contribution in [3.63, 3.8) is 0 Å². The van der Waals surface area contributed by atoms with Gasteiger partial charge in [0.2, 0.25) is 0 Å². The van der Waals surface area contributed by atoms with Crippen molar-refractivity contribution in [3.8, 4) is 5.75 Å². The molecule has 0 atom stereocenters. The Morgan fingerprint density at radius 1 is 1.40 bits per heavy atom. The van der Waals surface area contributed by atoms with Crippen LogP contribution in [0.25, 0.3) is 10.9 Å². The lowest BCUT2D eigenvalue weighted by molar-refractivity contribution is -0.384. The zero-order valence-corrected chi connectivity index (χ0v) is 7.54. The lowest BCUT2D eigenvalue weighted by Crippen LogP contribution is -1.92. The summed E-state index contributed by atoms with van der Waals surface area (Å²) in [6.07, 6.45) is 0. The minimum absolute atomic E-state index is 0.174. The lowest BCUT2D eigenvalue weighted by atomic mass is 10.2. The molecule has 2 aromatic rings. The third kappa shape index (κ3) is 1.52. The first-order chi connectivity index (χ1) is 7.08. The number of rotatable bonds is 1. The van der Waals surface area contributed by atoms with Gasteiger partial charge in [-0.25, -0.2) is 4.98 Å². The van der Waals surface area contributed by atoms with E-state index < -0.39 is 4.92 Å². The molecule has 0 amide bonds. The molecule has 0 aliphatic heterocycles. The Balaban J connectivity index is 2.78. The molecule has 0 radical (unpaired) electrons. The molecule has 0 saturated carbocycles. The van der Waals surface area contributed by atoms with E-state index in [9.17, 15) is 15.2 Å². The number of hydrogen-bond donors (Lipinski definition) is 2. The number of benzene rings is 1. The molecule has 0 fully saturated rings. The number of nitro groups is 1. The predicted octanol–water partition coefficient (Wildman–Crippen LogP) is 1.43. The van der Waals surface area contributed by atoms with Crippen LogP contribution in [0.4, 0.5) is 11.5 Å². The number of nitro benzene ring substituents is 1. The molecular formula is C9H7N3O3. The number of phenols is 1. The van der Waals surface area contributed by atoms with E-state index in [0.717, 1.165) is 6.07 Å². The third-order valence-electron chi connectivity index (χ3n) is 1.99. The molecule has 0 aliphatic rings. The zero-order valence-electron chi connectivity index (χ0n) is 7.54. The Morgan fingerprint density at radius 2 is 2.13 bits per heavy atom. The minimum atomic E-state index is -0.574. The number of pyridine rings is 1. The molecular weight excluding hydrogens is 198 g/mol. The van der Waals surface area contributed by atoms with E-state index in [0.29, 0.717) is 5.39 Å². The first-order valence-corrected chi connectivity index (χ1v) is 4.11. The first-order valence-electron chi connectivity index (χ1n) is 4.11. The molecule has 76 valence electrons. The number of anilines is 1. The van der Waals surface area contributed by atoms with E-state index in [1.165, 1.54) is 12.1 Å². The van der Waals surface area contributed by atoms with E-state index in [1.807, 2.05) is 0 Å². The van der Waals surface area contributed by atoms with Crippen molar-refractivity contribution < 1.29 is 10.0 Å². The topological polar surface area (TPSA) is 102 Å². The van der Waals surface area contributed by atoms with Crippen LogP contribution in [0, 0.1) is 10.1 Å². The van der Waals surface area contributed by atoms with Crippen molar-refractivity contribution >= 4 is 22.4 Å². The minimum Gasteiger partial charge on any atom is -0.505 e. The highest BCUT2D eigenvalue weighted by molar-refractivity contribution is 5.87. The highest BCUT2D eigenvalue weighted by atomic mass is 16.6. The van der Waals surface area contributed by atoms with Crippen LogP contribution in [-0.4, -0.2) is 15.0 Å². The molecule has 0 bridgehead atoms. The maximum atomic E-state index is 10.5. The van der Waals surface area contributed by atoms with Gasteiger partial charge in [0.1, 0.15) is 17.1 Å². The summed E-state index contributed by atoms with van der Waals surface area (Å²) in [7, 11) is 0. The Kier molecular flexibility index (Phi) is 1.89. The number of nitrogens with two attached hydrogens (primary N) is 1. The fourth-order valence-electron chi connectivity index (χ4n) is 1.32. The molecule has 6 nitrogen and oxygen atoms in total. The highest BCUT2D eigenvalue weighted by Crippen LogP contribution is 2.29. The van der Waals surface area contributed by atoms with Crippen LogP contribution in [0.15, 0.2) is 24.3 Å². The molecule has 2 rings (SSSR count). The monoisotopic (exact) mass is 205 g/mol. The summed E-state index contributed by atoms with van der Waals surface area (Å²) >= 11 is 0. The van der Waals surface area contributed by atoms with Crippen LogP contribution in [-0.2, 0) is 0 Å². The highest BCUT2D eigenvalue weighted by Gasteiger charge is 2.11. The van der Waals surface area contributed by atoms with Crippen LogP contribution in [0.5, 0.6) is 5.75 Å². The SMILES string of the molecule is Nc1ccc2cc([N+](=O)[O-])cc(O)c2n1. The summed E-state index contributed by atoms with van der Waals surface area (Å²) in [5.41, 5.74) is 5.52. The normalized spacial score (nSPS) is 10.4. The van der Waals surface area contributed by atoms with Gasteiger partial charge >= 0.3 is 0 Å². The van der Waals surface area contributed by atoms with Gasteiger partial charge in [-0.05, 0) is 12.1 Å². The number of phenolic OH excluding ortho intramolecular Hbond substituents is 1. The average molecular weight is 205 g/mol. The number of aromatic hydroxyl groups is 1. The fourth-order valence-corrected chi connectivity index (χ4v) is 1.32. The van der Waals surface area contributed by atoms with Gasteiger partial charge in [0.25, 0.3) is 5.69 Å². The molecule has 6 heteroatoms. The van der Waals surface area contributed by atoms with Crippen molar-refractivity contribution in [1.82, 2.24) is 4.98 Å². The Labute approximate surface area is 84.1 Å². The van der Waals surface area contributed by atoms with Gasteiger partial charge in [-0.3, -0.25) is 10.1 Å². The summed E-state index contributed by atoms with van der Waals surface area (Å²) in [6, 6.07) is 5.48. The number of fused-ring (bicyclic) bond motifs is 1. The van der Waals surface area contributed by atoms with Crippen molar-refractivity contribution in [2.45, 2.75) is 0 Å². The molecule has 1 aromatic heterocycles. The molecule has 15 heavy (non-hydrogen) atoms. The van der Waals surface area contributed by atoms with Gasteiger partial charge in [-0.2, -0.15) is 0 Å². The fraction of sp³-hybridized carbons (Fsp3) is 0. The summed E-state index contributed by atoms with van der Waals surface area (Å²) in [6.45, 7) is 0. The van der Waals surface area contributed by atoms with Crippen LogP contribution in [0.2, 0.25) is 0 Å². The zero-order chi connectivity index (χ0) is 11.0. The van der Waals surface area contributed by atoms with Crippen LogP contribution in [0.1, 0.15) is 0 Å². The number of nitrogens with zero attached hydrogens (tertiary/aromatic N) is 2. The molecule has 0 aliphatic carbocycles. The number of nitrogen functional groups attached to an aromatic ring is 1. The van der Waals surface area contributed by atoms with E-state index in [1.54, 1.807) is 6.07 Å². The van der Waals surface area contributed by atoms with Crippen molar-refractivity contribution in [1.29, 1.82) is 0 Å². The van der Waals surface area contributed by atoms with Gasteiger partial charge in [-0.1, -0.05) is 0 Å². The molecule has 1 aromatic carbocycles. The summed E-state index contributed by atoms with van der Waals surface area (Å²) in [5.74, 6) is 0.0122. The second-order valence-electron chi connectivity index (χ2n) is 3.03. The second kappa shape index (κ2) is 3.09. The van der Waals surface area contributed by atoms with Crippen molar-refractivity contribution in [2.24, 2.45) is 0 Å². The summed E-state index contributed by atoms with van der Waals surface area (Å²) in [5, 5.41) is 20.5. The van der Waals surface area contributed by atoms with Gasteiger partial charge < -0.3 is 10.8 Å². The summed E-state index contributed by atoms with van der Waals surface area (Å²) in [4.78, 5) is 13.8. The molecule has 0 unspecified atom stereocenters. The number of hydrogen-bond acceptors (Lipinski definition) is 5. The Bertz CT molecular complexity index is 554. The molecule has 1 heterocycles. The van der Waals surface area contributed by atoms with E-state index in [4.69, 9.17) is 5.73 Å². The number of non-ortho nitro benzene ring substituents is 1. The van der Waals surface area contributed by atoms with Gasteiger partial charge in [0.05, 0.1) is 11.0 Å². The van der Waals surface area contributed by atoms with E-state index in [2.05, 4.69) is 4.98 Å². The quantitative estimate of drug-likeness (QED) is 0.541. The summed E-state index contributed by atoms with van der Waals surface area (Å²) < 4.78 is 0. The van der Waals surface area contributed by atoms with Gasteiger partial charge in [0.15, 0.2) is 0 Å². The lowest BCUT2D eigenvalue weighted by Gasteiger charge is -2.01.